The van der Waals surface area contributed by atoms with Gasteiger partial charge in [-0.2, -0.15) is 0 Å². The average molecular weight is 341 g/mol. The average Bonchev–Trinajstić information content (AvgIpc) is 3.36. The lowest BCUT2D eigenvalue weighted by Crippen LogP contribution is -2.32. The van der Waals surface area contributed by atoms with Crippen molar-refractivity contribution < 1.29 is 18.7 Å². The SMILES string of the molecule is O=C(c1ncoc1-c1ccc2c(c1)OCCO2)N1C[C@H]2CNC[C@H]2C1. The van der Waals surface area contributed by atoms with E-state index in [2.05, 4.69) is 10.3 Å². The molecule has 0 saturated carbocycles. The van der Waals surface area contributed by atoms with Crippen LogP contribution in [0.5, 0.6) is 11.5 Å². The zero-order valence-corrected chi connectivity index (χ0v) is 13.7. The number of ether oxygens (including phenoxy) is 2. The number of hydrogen-bond acceptors (Lipinski definition) is 6. The van der Waals surface area contributed by atoms with Gasteiger partial charge in [0.2, 0.25) is 0 Å². The number of oxazole rings is 1. The maximum atomic E-state index is 12.9. The van der Waals surface area contributed by atoms with Gasteiger partial charge in [-0.25, -0.2) is 4.98 Å². The molecule has 7 nitrogen and oxygen atoms in total. The summed E-state index contributed by atoms with van der Waals surface area (Å²) in [6.07, 6.45) is 1.33. The maximum Gasteiger partial charge on any atom is 0.276 e. The van der Waals surface area contributed by atoms with E-state index in [1.165, 1.54) is 6.39 Å². The van der Waals surface area contributed by atoms with Gasteiger partial charge in [0.05, 0.1) is 0 Å². The molecule has 0 bridgehead atoms. The molecule has 1 amide bonds. The van der Waals surface area contributed by atoms with Crippen molar-refractivity contribution in [1.82, 2.24) is 15.2 Å². The minimum absolute atomic E-state index is 0.0620. The Morgan fingerprint density at radius 3 is 2.68 bits per heavy atom. The molecule has 3 aliphatic rings. The summed E-state index contributed by atoms with van der Waals surface area (Å²) < 4.78 is 16.7. The molecule has 0 aliphatic carbocycles. The van der Waals surface area contributed by atoms with Gasteiger partial charge >= 0.3 is 0 Å². The lowest BCUT2D eigenvalue weighted by Gasteiger charge is -2.19. The van der Waals surface area contributed by atoms with Crippen LogP contribution in [0.3, 0.4) is 0 Å². The maximum absolute atomic E-state index is 12.9. The van der Waals surface area contributed by atoms with E-state index in [4.69, 9.17) is 13.9 Å². The Labute approximate surface area is 144 Å². The summed E-state index contributed by atoms with van der Waals surface area (Å²) in [7, 11) is 0. The highest BCUT2D eigenvalue weighted by atomic mass is 16.6. The van der Waals surface area contributed by atoms with Gasteiger partial charge in [0.15, 0.2) is 29.3 Å². The molecular formula is C18H19N3O4. The van der Waals surface area contributed by atoms with Gasteiger partial charge in [0, 0.05) is 31.7 Å². The van der Waals surface area contributed by atoms with Crippen LogP contribution in [0.4, 0.5) is 0 Å². The Morgan fingerprint density at radius 1 is 1.12 bits per heavy atom. The highest BCUT2D eigenvalue weighted by Gasteiger charge is 2.39. The van der Waals surface area contributed by atoms with Crippen molar-refractivity contribution in [1.29, 1.82) is 0 Å². The number of nitrogens with one attached hydrogen (secondary N) is 1. The Balaban J connectivity index is 1.43. The van der Waals surface area contributed by atoms with E-state index in [-0.39, 0.29) is 5.91 Å². The first-order chi connectivity index (χ1) is 12.3. The Kier molecular flexibility index (Phi) is 3.41. The number of hydrogen-bond donors (Lipinski definition) is 1. The van der Waals surface area contributed by atoms with E-state index in [1.54, 1.807) is 0 Å². The number of aromatic nitrogens is 1. The normalized spacial score (nSPS) is 24.4. The molecule has 2 aromatic rings. The van der Waals surface area contributed by atoms with Gasteiger partial charge in [-0.15, -0.1) is 0 Å². The first-order valence-electron chi connectivity index (χ1n) is 8.63. The van der Waals surface area contributed by atoms with E-state index >= 15 is 0 Å². The Hall–Kier alpha value is -2.54. The summed E-state index contributed by atoms with van der Waals surface area (Å²) in [4.78, 5) is 19.0. The van der Waals surface area contributed by atoms with Crippen LogP contribution in [0.2, 0.25) is 0 Å². The highest BCUT2D eigenvalue weighted by molar-refractivity contribution is 5.98. The summed E-state index contributed by atoms with van der Waals surface area (Å²) in [6, 6.07) is 5.55. The predicted octanol–water partition coefficient (Wildman–Crippen LogP) is 1.40. The molecule has 0 spiro atoms. The number of rotatable bonds is 2. The van der Waals surface area contributed by atoms with E-state index < -0.39 is 0 Å². The molecule has 2 saturated heterocycles. The lowest BCUT2D eigenvalue weighted by atomic mass is 10.0. The van der Waals surface area contributed by atoms with Crippen LogP contribution in [0.15, 0.2) is 29.0 Å². The number of carbonyl (C=O) groups is 1. The topological polar surface area (TPSA) is 76.8 Å². The number of nitrogens with zero attached hydrogens (tertiary/aromatic N) is 2. The minimum Gasteiger partial charge on any atom is -0.486 e. The van der Waals surface area contributed by atoms with Gasteiger partial charge in [-0.05, 0) is 30.0 Å². The molecule has 5 rings (SSSR count). The van der Waals surface area contributed by atoms with Crippen molar-refractivity contribution >= 4 is 5.91 Å². The van der Waals surface area contributed by atoms with Crippen LogP contribution in [0, 0.1) is 11.8 Å². The molecule has 7 heteroatoms. The van der Waals surface area contributed by atoms with Crippen LogP contribution in [-0.2, 0) is 0 Å². The van der Waals surface area contributed by atoms with Crippen molar-refractivity contribution in [3.63, 3.8) is 0 Å². The highest BCUT2D eigenvalue weighted by Crippen LogP contribution is 2.36. The second-order valence-corrected chi connectivity index (χ2v) is 6.78. The van der Waals surface area contributed by atoms with Crippen LogP contribution < -0.4 is 14.8 Å². The van der Waals surface area contributed by atoms with Crippen molar-refractivity contribution in [2.24, 2.45) is 11.8 Å². The fraction of sp³-hybridized carbons (Fsp3) is 0.444. The second-order valence-electron chi connectivity index (χ2n) is 6.78. The summed E-state index contributed by atoms with van der Waals surface area (Å²) in [6.45, 7) is 4.60. The fourth-order valence-corrected chi connectivity index (χ4v) is 3.96. The standard InChI is InChI=1S/C18H19N3O4/c22-18(21-8-12-6-19-7-13(12)9-21)16-17(25-10-20-16)11-1-2-14-15(5-11)24-4-3-23-14/h1-2,5,10,12-13,19H,3-4,6-9H2/t12-,13+. The van der Waals surface area contributed by atoms with E-state index in [0.717, 1.165) is 31.7 Å². The molecule has 0 unspecified atom stereocenters. The van der Waals surface area contributed by atoms with Gasteiger partial charge in [-0.3, -0.25) is 4.79 Å². The molecule has 25 heavy (non-hydrogen) atoms. The molecule has 4 heterocycles. The van der Waals surface area contributed by atoms with Crippen molar-refractivity contribution in [2.45, 2.75) is 0 Å². The van der Waals surface area contributed by atoms with E-state index in [1.807, 2.05) is 23.1 Å². The predicted molar refractivity (Wildman–Crippen MR) is 88.7 cm³/mol. The van der Waals surface area contributed by atoms with E-state index in [0.29, 0.717) is 48.0 Å². The smallest absolute Gasteiger partial charge is 0.276 e. The molecule has 2 fully saturated rings. The van der Waals surface area contributed by atoms with Crippen LogP contribution in [-0.4, -0.2) is 55.2 Å². The van der Waals surface area contributed by atoms with Gasteiger partial charge in [0.25, 0.3) is 5.91 Å². The quantitative estimate of drug-likeness (QED) is 0.890. The second kappa shape index (κ2) is 5.77. The van der Waals surface area contributed by atoms with Gasteiger partial charge in [-0.1, -0.05) is 0 Å². The van der Waals surface area contributed by atoms with E-state index in [9.17, 15) is 4.79 Å². The number of carbonyl (C=O) groups excluding carboxylic acids is 1. The van der Waals surface area contributed by atoms with Crippen molar-refractivity contribution in [3.8, 4) is 22.8 Å². The number of amides is 1. The zero-order chi connectivity index (χ0) is 16.8. The largest absolute Gasteiger partial charge is 0.486 e. The summed E-state index contributed by atoms with van der Waals surface area (Å²) in [5.41, 5.74) is 1.13. The molecule has 1 aromatic heterocycles. The van der Waals surface area contributed by atoms with Gasteiger partial charge < -0.3 is 24.1 Å². The minimum atomic E-state index is -0.0620. The molecular weight excluding hydrogens is 322 g/mol. The Morgan fingerprint density at radius 2 is 1.88 bits per heavy atom. The third-order valence-electron chi connectivity index (χ3n) is 5.25. The fourth-order valence-electron chi connectivity index (χ4n) is 3.96. The molecule has 1 N–H and O–H groups in total. The summed E-state index contributed by atoms with van der Waals surface area (Å²) in [5.74, 6) is 2.90. The molecule has 0 radical (unpaired) electrons. The third kappa shape index (κ3) is 2.46. The molecule has 2 atom stereocenters. The summed E-state index contributed by atoms with van der Waals surface area (Å²) >= 11 is 0. The molecule has 3 aliphatic heterocycles. The summed E-state index contributed by atoms with van der Waals surface area (Å²) in [5, 5.41) is 3.39. The zero-order valence-electron chi connectivity index (χ0n) is 13.7. The number of benzene rings is 1. The lowest BCUT2D eigenvalue weighted by molar-refractivity contribution is 0.0777. The molecule has 130 valence electrons. The van der Waals surface area contributed by atoms with Crippen molar-refractivity contribution in [3.05, 3.63) is 30.3 Å². The van der Waals surface area contributed by atoms with Crippen LogP contribution in [0.1, 0.15) is 10.5 Å². The third-order valence-corrected chi connectivity index (χ3v) is 5.25. The Bertz CT molecular complexity index is 806. The molecule has 1 aromatic carbocycles. The number of likely N-dealkylation sites (tertiary alicyclic amines) is 1. The van der Waals surface area contributed by atoms with Crippen molar-refractivity contribution in [2.75, 3.05) is 39.4 Å². The first-order valence-corrected chi connectivity index (χ1v) is 8.63. The van der Waals surface area contributed by atoms with Crippen LogP contribution >= 0.6 is 0 Å². The first kappa shape index (κ1) is 14.8. The number of fused-ring (bicyclic) bond motifs is 2. The monoisotopic (exact) mass is 341 g/mol. The van der Waals surface area contributed by atoms with Gasteiger partial charge in [0.1, 0.15) is 13.2 Å². The van der Waals surface area contributed by atoms with Crippen LogP contribution in [0.25, 0.3) is 11.3 Å².